The normalized spacial score (nSPS) is 16.3. The van der Waals surface area contributed by atoms with Crippen LogP contribution in [0.3, 0.4) is 0 Å². The Morgan fingerprint density at radius 3 is 2.12 bits per heavy atom. The molecule has 13 nitrogen and oxygen atoms in total. The number of nitrogens with zero attached hydrogens (tertiary/aromatic N) is 5. The van der Waals surface area contributed by atoms with E-state index in [-0.39, 0.29) is 11.2 Å². The highest BCUT2D eigenvalue weighted by Gasteiger charge is 2.29. The first-order valence-corrected chi connectivity index (χ1v) is 10.6. The average Bonchev–Trinajstić information content (AvgIpc) is 3.23. The van der Waals surface area contributed by atoms with E-state index in [4.69, 9.17) is 20.4 Å². The smallest absolute Gasteiger partial charge is 0.335 e. The lowest BCUT2D eigenvalue weighted by Gasteiger charge is -2.31. The highest BCUT2D eigenvalue weighted by Crippen LogP contribution is 2.21. The molecular weight excluding hydrogens is 438 g/mol. The Balaban J connectivity index is 0.000000328. The van der Waals surface area contributed by atoms with E-state index in [0.29, 0.717) is 23.8 Å². The second-order valence-electron chi connectivity index (χ2n) is 8.15. The van der Waals surface area contributed by atoms with Gasteiger partial charge in [-0.2, -0.15) is 0 Å². The van der Waals surface area contributed by atoms with Crippen LogP contribution >= 0.6 is 0 Å². The van der Waals surface area contributed by atoms with Crippen molar-refractivity contribution in [2.24, 2.45) is 14.1 Å². The van der Waals surface area contributed by atoms with Crippen molar-refractivity contribution in [2.75, 3.05) is 13.6 Å². The van der Waals surface area contributed by atoms with Crippen molar-refractivity contribution in [1.29, 1.82) is 0 Å². The number of fused-ring (bicyclic) bond motifs is 1. The minimum atomic E-state index is -2.27. The first-order chi connectivity index (χ1) is 15.5. The van der Waals surface area contributed by atoms with Gasteiger partial charge >= 0.3 is 17.6 Å². The fourth-order valence-electron chi connectivity index (χ4n) is 3.81. The Kier molecular flexibility index (Phi) is 8.91. The second-order valence-corrected chi connectivity index (χ2v) is 8.15. The first-order valence-electron chi connectivity index (χ1n) is 10.6. The topological polar surface area (TPSA) is 180 Å². The number of carbonyl (C=O) groups is 2. The van der Waals surface area contributed by atoms with Crippen LogP contribution in [0.2, 0.25) is 0 Å². The summed E-state index contributed by atoms with van der Waals surface area (Å²) in [5, 5.41) is 32.5. The van der Waals surface area contributed by atoms with E-state index in [0.717, 1.165) is 11.1 Å². The second kappa shape index (κ2) is 11.2. The predicted molar refractivity (Wildman–Crippen MR) is 117 cm³/mol. The number of aliphatic hydroxyl groups excluding tert-OH is 2. The summed E-state index contributed by atoms with van der Waals surface area (Å²) in [6.45, 7) is 1.58. The van der Waals surface area contributed by atoms with Gasteiger partial charge in [0.1, 0.15) is 0 Å². The maximum absolute atomic E-state index is 12.4. The summed E-state index contributed by atoms with van der Waals surface area (Å²) in [4.78, 5) is 50.6. The Morgan fingerprint density at radius 2 is 1.61 bits per heavy atom. The monoisotopic (exact) mass is 469 g/mol. The number of aromatic nitrogens is 4. The van der Waals surface area contributed by atoms with Crippen molar-refractivity contribution in [3.05, 3.63) is 27.2 Å². The van der Waals surface area contributed by atoms with Crippen LogP contribution in [0.1, 0.15) is 32.1 Å². The van der Waals surface area contributed by atoms with Crippen LogP contribution in [0.4, 0.5) is 0 Å². The maximum Gasteiger partial charge on any atom is 0.335 e. The molecule has 0 aromatic carbocycles. The molecule has 0 radical (unpaired) electrons. The lowest BCUT2D eigenvalue weighted by Crippen LogP contribution is -2.39. The molecule has 13 heteroatoms. The number of carboxylic acids is 2. The summed E-state index contributed by atoms with van der Waals surface area (Å²) in [5.74, 6) is -3.54. The fourth-order valence-corrected chi connectivity index (χ4v) is 3.81. The van der Waals surface area contributed by atoms with E-state index in [1.54, 1.807) is 13.4 Å². The molecule has 33 heavy (non-hydrogen) atoms. The van der Waals surface area contributed by atoms with Gasteiger partial charge in [-0.05, 0) is 19.9 Å². The Labute approximate surface area is 189 Å². The number of imidazole rings is 1. The zero-order chi connectivity index (χ0) is 24.9. The third-order valence-corrected chi connectivity index (χ3v) is 5.91. The van der Waals surface area contributed by atoms with E-state index in [2.05, 4.69) is 16.9 Å². The van der Waals surface area contributed by atoms with Gasteiger partial charge in [0.15, 0.2) is 23.4 Å². The van der Waals surface area contributed by atoms with Crippen LogP contribution in [0.15, 0.2) is 15.9 Å². The van der Waals surface area contributed by atoms with E-state index in [9.17, 15) is 19.2 Å². The number of likely N-dealkylation sites (N-methyl/N-ethyl adjacent to an activating group) is 1. The van der Waals surface area contributed by atoms with Gasteiger partial charge in [0, 0.05) is 33.2 Å². The highest BCUT2D eigenvalue weighted by atomic mass is 16.4. The van der Waals surface area contributed by atoms with Gasteiger partial charge < -0.3 is 29.9 Å². The molecule has 2 heterocycles. The molecule has 2 aromatic heterocycles. The Hall–Kier alpha value is -3.03. The van der Waals surface area contributed by atoms with Crippen LogP contribution in [-0.2, 0) is 30.2 Å². The molecule has 0 unspecified atom stereocenters. The number of aliphatic carboxylic acids is 2. The molecule has 184 valence electrons. The number of hydrogen-bond acceptors (Lipinski definition) is 8. The van der Waals surface area contributed by atoms with Gasteiger partial charge in [-0.25, -0.2) is 19.4 Å². The molecule has 3 rings (SSSR count). The first kappa shape index (κ1) is 26.2. The third-order valence-electron chi connectivity index (χ3n) is 5.91. The highest BCUT2D eigenvalue weighted by molar-refractivity contribution is 5.83. The lowest BCUT2D eigenvalue weighted by molar-refractivity contribution is -0.165. The molecule has 0 spiro atoms. The van der Waals surface area contributed by atoms with Crippen molar-refractivity contribution in [2.45, 2.75) is 56.9 Å². The molecule has 2 aromatic rings. The summed E-state index contributed by atoms with van der Waals surface area (Å²) in [5.41, 5.74) is 0.345. The number of rotatable bonds is 7. The van der Waals surface area contributed by atoms with Crippen LogP contribution in [0.25, 0.3) is 11.2 Å². The Bertz CT molecular complexity index is 1080. The van der Waals surface area contributed by atoms with Crippen molar-refractivity contribution >= 4 is 23.1 Å². The number of hydrogen-bond donors (Lipinski definition) is 4. The van der Waals surface area contributed by atoms with Gasteiger partial charge in [0.2, 0.25) is 0 Å². The molecule has 0 saturated heterocycles. The van der Waals surface area contributed by atoms with Gasteiger partial charge in [0.25, 0.3) is 5.56 Å². The Morgan fingerprint density at radius 1 is 1.06 bits per heavy atom. The van der Waals surface area contributed by atoms with E-state index >= 15 is 0 Å². The van der Waals surface area contributed by atoms with Crippen molar-refractivity contribution < 1.29 is 30.0 Å². The third kappa shape index (κ3) is 6.06. The fraction of sp³-hybridized carbons (Fsp3) is 0.650. The van der Waals surface area contributed by atoms with Crippen LogP contribution in [0, 0.1) is 0 Å². The molecule has 1 fully saturated rings. The summed E-state index contributed by atoms with van der Waals surface area (Å²) in [6, 6.07) is 0.644. The summed E-state index contributed by atoms with van der Waals surface area (Å²) >= 11 is 0. The van der Waals surface area contributed by atoms with Gasteiger partial charge in [-0.3, -0.25) is 13.9 Å². The molecule has 0 aliphatic heterocycles. The summed E-state index contributed by atoms with van der Waals surface area (Å²) < 4.78 is 4.44. The molecular formula is C20H31N5O8. The molecule has 1 saturated carbocycles. The number of aliphatic hydroxyl groups is 2. The summed E-state index contributed by atoms with van der Waals surface area (Å²) in [6.07, 6.45) is 3.63. The molecule has 2 atom stereocenters. The number of carboxylic acid groups (broad SMARTS) is 2. The minimum Gasteiger partial charge on any atom is -0.479 e. The number of aryl methyl sites for hydroxylation is 1. The quantitative estimate of drug-likeness (QED) is 0.376. The average molecular weight is 469 g/mol. The SMILES string of the molecule is CN(CCn1cnc2c1c(=O)n(C)c(=O)n2C)C1CCCCC1.O=C(O)[C@H](O)[C@@H](O)C(=O)O. The van der Waals surface area contributed by atoms with Crippen LogP contribution in [0.5, 0.6) is 0 Å². The van der Waals surface area contributed by atoms with Crippen LogP contribution in [-0.4, -0.2) is 87.8 Å². The molecule has 4 N–H and O–H groups in total. The van der Waals surface area contributed by atoms with E-state index in [1.165, 1.54) is 43.7 Å². The van der Waals surface area contributed by atoms with Gasteiger partial charge in [-0.15, -0.1) is 0 Å². The molecule has 0 bridgehead atoms. The maximum atomic E-state index is 12.4. The molecule has 1 aliphatic carbocycles. The zero-order valence-corrected chi connectivity index (χ0v) is 18.9. The molecule has 1 aliphatic rings. The van der Waals surface area contributed by atoms with Gasteiger partial charge in [0.05, 0.1) is 6.33 Å². The lowest BCUT2D eigenvalue weighted by atomic mass is 9.94. The van der Waals surface area contributed by atoms with Crippen molar-refractivity contribution in [3.8, 4) is 0 Å². The zero-order valence-electron chi connectivity index (χ0n) is 18.9. The standard InChI is InChI=1S/C16H25N5O2.C4H6O6/c1-18(12-7-5-4-6-8-12)9-10-21-11-17-14-13(21)15(22)20(3)16(23)19(14)2;5-1(3(7)8)2(6)4(9)10/h11-12H,4-10H2,1-3H3;1-2,5-6H,(H,7,8)(H,9,10)/t;1-,2-/m.1/s1. The minimum absolute atomic E-state index is 0.277. The largest absolute Gasteiger partial charge is 0.479 e. The van der Waals surface area contributed by atoms with E-state index < -0.39 is 24.1 Å². The van der Waals surface area contributed by atoms with Crippen LogP contribution < -0.4 is 11.2 Å². The molecule has 0 amide bonds. The summed E-state index contributed by atoms with van der Waals surface area (Å²) in [7, 11) is 5.31. The predicted octanol–water partition coefficient (Wildman–Crippen LogP) is -1.42. The van der Waals surface area contributed by atoms with E-state index in [1.807, 2.05) is 4.57 Å². The van der Waals surface area contributed by atoms with Crippen molar-refractivity contribution in [1.82, 2.24) is 23.6 Å². The van der Waals surface area contributed by atoms with Crippen molar-refractivity contribution in [3.63, 3.8) is 0 Å². The van der Waals surface area contributed by atoms with Gasteiger partial charge in [-0.1, -0.05) is 19.3 Å².